The van der Waals surface area contributed by atoms with E-state index in [0.29, 0.717) is 13.0 Å². The van der Waals surface area contributed by atoms with E-state index in [4.69, 9.17) is 5.73 Å². The van der Waals surface area contributed by atoms with Gasteiger partial charge in [-0.2, -0.15) is 0 Å². The summed E-state index contributed by atoms with van der Waals surface area (Å²) in [6.07, 6.45) is 3.17. The van der Waals surface area contributed by atoms with Gasteiger partial charge in [-0.3, -0.25) is 9.78 Å². The lowest BCUT2D eigenvalue weighted by Crippen LogP contribution is -2.43. The number of carbonyl (C=O) groups excluding carboxylic acids is 1. The molecule has 0 aliphatic rings. The average Bonchev–Trinajstić information content (AvgIpc) is 2.78. The van der Waals surface area contributed by atoms with Crippen LogP contribution in [-0.2, 0) is 16.3 Å². The summed E-state index contributed by atoms with van der Waals surface area (Å²) in [7, 11) is -3.90. The molecule has 0 aliphatic carbocycles. The first-order valence-electron chi connectivity index (χ1n) is 10.3. The Bertz CT molecular complexity index is 1230. The van der Waals surface area contributed by atoms with Crippen molar-refractivity contribution in [2.45, 2.75) is 41.7 Å². The van der Waals surface area contributed by atoms with E-state index in [2.05, 4.69) is 10.3 Å². The molecule has 2 aromatic carbocycles. The first-order valence-corrected chi connectivity index (χ1v) is 11.8. The maximum Gasteiger partial charge on any atom is 0.252 e. The quantitative estimate of drug-likeness (QED) is 0.377. The van der Waals surface area contributed by atoms with Crippen LogP contribution in [0.2, 0.25) is 0 Å². The summed E-state index contributed by atoms with van der Waals surface area (Å²) in [4.78, 5) is 15.4. The number of amides is 1. The number of nitrogens with zero attached hydrogens (tertiary/aromatic N) is 1. The van der Waals surface area contributed by atoms with Crippen LogP contribution in [0, 0.1) is 0 Å². The van der Waals surface area contributed by atoms with E-state index in [9.17, 15) is 23.4 Å². The fraction of sp³-hybridized carbons (Fsp3) is 0.250. The number of rotatable bonds is 9. The van der Waals surface area contributed by atoms with Gasteiger partial charge in [-0.15, -0.1) is 0 Å². The van der Waals surface area contributed by atoms with Crippen LogP contribution in [0.15, 0.2) is 76.8 Å². The molecule has 3 rings (SSSR count). The predicted octanol–water partition coefficient (Wildman–Crippen LogP) is 2.36. The Morgan fingerprint density at radius 1 is 1.12 bits per heavy atom. The molecular weight excluding hydrogens is 442 g/mol. The minimum atomic E-state index is -3.90. The fourth-order valence-electron chi connectivity index (χ4n) is 3.44. The molecule has 5 N–H and O–H groups in total. The molecule has 174 valence electrons. The lowest BCUT2D eigenvalue weighted by atomic mass is 9.94. The molecule has 0 unspecified atom stereocenters. The Hall–Kier alpha value is -3.27. The number of primary amides is 1. The van der Waals surface area contributed by atoms with Crippen molar-refractivity contribution in [2.24, 2.45) is 5.73 Å². The van der Waals surface area contributed by atoms with Gasteiger partial charge in [0.15, 0.2) is 0 Å². The summed E-state index contributed by atoms with van der Waals surface area (Å²) in [6, 6.07) is 13.5. The predicted molar refractivity (Wildman–Crippen MR) is 124 cm³/mol. The normalized spacial score (nSPS) is 12.9. The molecule has 1 heterocycles. The third kappa shape index (κ3) is 5.95. The van der Waals surface area contributed by atoms with Gasteiger partial charge in [0.1, 0.15) is 5.75 Å². The van der Waals surface area contributed by atoms with Gasteiger partial charge < -0.3 is 21.3 Å². The van der Waals surface area contributed by atoms with Crippen LogP contribution in [0.3, 0.4) is 0 Å². The molecule has 0 aliphatic heterocycles. The molecule has 0 bridgehead atoms. The zero-order valence-electron chi connectivity index (χ0n) is 18.4. The number of nitrogens with two attached hydrogens (primary N) is 1. The SMILES string of the molecule is CC(C)(Cc1ccc(S(=O)(=O)c2ccc(O)c(C(N)=O)c2)cc1)NC[C@@H](O)c1cccnc1. The van der Waals surface area contributed by atoms with Crippen molar-refractivity contribution in [3.05, 3.63) is 83.7 Å². The molecule has 0 saturated heterocycles. The Labute approximate surface area is 193 Å². The maximum absolute atomic E-state index is 12.9. The Morgan fingerprint density at radius 2 is 1.79 bits per heavy atom. The van der Waals surface area contributed by atoms with E-state index in [-0.39, 0.29) is 26.6 Å². The number of β-amino-alcohol motifs (C(OH)–C–C–N with tert-alkyl or cyclic N) is 1. The minimum Gasteiger partial charge on any atom is -0.507 e. The number of pyridine rings is 1. The highest BCUT2D eigenvalue weighted by Gasteiger charge is 2.23. The highest BCUT2D eigenvalue weighted by Crippen LogP contribution is 2.26. The van der Waals surface area contributed by atoms with Crippen LogP contribution in [0.4, 0.5) is 0 Å². The van der Waals surface area contributed by atoms with Gasteiger partial charge in [0.05, 0.1) is 21.5 Å². The number of aliphatic hydroxyl groups is 1. The van der Waals surface area contributed by atoms with Gasteiger partial charge in [-0.25, -0.2) is 8.42 Å². The van der Waals surface area contributed by atoms with Crippen molar-refractivity contribution in [1.29, 1.82) is 0 Å². The molecule has 9 heteroatoms. The highest BCUT2D eigenvalue weighted by atomic mass is 32.2. The van der Waals surface area contributed by atoms with E-state index in [1.54, 1.807) is 30.6 Å². The standard InChI is InChI=1S/C24H27N3O5S/c1-24(2,27-15-22(29)17-4-3-11-26-14-17)13-16-5-7-18(8-6-16)33(31,32)19-9-10-21(28)20(12-19)23(25)30/h3-12,14,22,27-29H,13,15H2,1-2H3,(H2,25,30)/t22-/m1/s1. The van der Waals surface area contributed by atoms with Gasteiger partial charge in [-0.05, 0) is 62.2 Å². The molecule has 1 atom stereocenters. The van der Waals surface area contributed by atoms with Crippen molar-refractivity contribution >= 4 is 15.7 Å². The van der Waals surface area contributed by atoms with Crippen LogP contribution in [0.5, 0.6) is 5.75 Å². The second kappa shape index (κ2) is 9.70. The largest absolute Gasteiger partial charge is 0.507 e. The van der Waals surface area contributed by atoms with Gasteiger partial charge in [0.2, 0.25) is 9.84 Å². The van der Waals surface area contributed by atoms with Crippen molar-refractivity contribution in [2.75, 3.05) is 6.54 Å². The van der Waals surface area contributed by atoms with Crippen molar-refractivity contribution < 1.29 is 23.4 Å². The lowest BCUT2D eigenvalue weighted by Gasteiger charge is -2.28. The summed E-state index contributed by atoms with van der Waals surface area (Å²) < 4.78 is 25.9. The molecular formula is C24H27N3O5S. The van der Waals surface area contributed by atoms with Crippen LogP contribution in [-0.4, -0.2) is 41.6 Å². The van der Waals surface area contributed by atoms with Crippen molar-refractivity contribution in [3.8, 4) is 5.75 Å². The number of hydrogen-bond donors (Lipinski definition) is 4. The number of hydrogen-bond acceptors (Lipinski definition) is 7. The van der Waals surface area contributed by atoms with Crippen molar-refractivity contribution in [1.82, 2.24) is 10.3 Å². The third-order valence-electron chi connectivity index (χ3n) is 5.27. The number of benzene rings is 2. The second-order valence-electron chi connectivity index (χ2n) is 8.43. The average molecular weight is 470 g/mol. The number of aromatic hydroxyl groups is 1. The molecule has 0 fully saturated rings. The monoisotopic (exact) mass is 469 g/mol. The Morgan fingerprint density at radius 3 is 2.39 bits per heavy atom. The van der Waals surface area contributed by atoms with Crippen LogP contribution in [0.25, 0.3) is 0 Å². The number of aromatic nitrogens is 1. The molecule has 0 radical (unpaired) electrons. The summed E-state index contributed by atoms with van der Waals surface area (Å²) >= 11 is 0. The Balaban J connectivity index is 1.70. The smallest absolute Gasteiger partial charge is 0.252 e. The third-order valence-corrected chi connectivity index (χ3v) is 7.03. The summed E-state index contributed by atoms with van der Waals surface area (Å²) in [5.41, 5.74) is 6.22. The molecule has 8 nitrogen and oxygen atoms in total. The van der Waals surface area contributed by atoms with E-state index < -0.39 is 21.8 Å². The van der Waals surface area contributed by atoms with Gasteiger partial charge >= 0.3 is 0 Å². The van der Waals surface area contributed by atoms with E-state index in [1.807, 2.05) is 19.9 Å². The minimum absolute atomic E-state index is 0.0603. The summed E-state index contributed by atoms with van der Waals surface area (Å²) in [5.74, 6) is -1.29. The molecule has 33 heavy (non-hydrogen) atoms. The fourth-order valence-corrected chi connectivity index (χ4v) is 4.73. The van der Waals surface area contributed by atoms with Crippen molar-refractivity contribution in [3.63, 3.8) is 0 Å². The van der Waals surface area contributed by atoms with Gasteiger partial charge in [0.25, 0.3) is 5.91 Å². The summed E-state index contributed by atoms with van der Waals surface area (Å²) in [5, 5.41) is 23.4. The zero-order chi connectivity index (χ0) is 24.2. The molecule has 0 spiro atoms. The lowest BCUT2D eigenvalue weighted by molar-refractivity contribution is 0.0997. The number of aliphatic hydroxyl groups excluding tert-OH is 1. The topological polar surface area (TPSA) is 143 Å². The number of nitrogens with one attached hydrogen (secondary N) is 1. The van der Waals surface area contributed by atoms with E-state index in [1.165, 1.54) is 18.2 Å². The molecule has 3 aromatic rings. The second-order valence-corrected chi connectivity index (χ2v) is 10.4. The first kappa shape index (κ1) is 24.4. The van der Waals surface area contributed by atoms with Gasteiger partial charge in [-0.1, -0.05) is 18.2 Å². The van der Waals surface area contributed by atoms with E-state index >= 15 is 0 Å². The maximum atomic E-state index is 12.9. The summed E-state index contributed by atoms with van der Waals surface area (Å²) in [6.45, 7) is 4.33. The van der Waals surface area contributed by atoms with E-state index in [0.717, 1.165) is 23.3 Å². The number of carbonyl (C=O) groups is 1. The van der Waals surface area contributed by atoms with Crippen LogP contribution in [0.1, 0.15) is 41.4 Å². The molecule has 0 saturated carbocycles. The first-order chi connectivity index (χ1) is 15.5. The zero-order valence-corrected chi connectivity index (χ0v) is 19.2. The highest BCUT2D eigenvalue weighted by molar-refractivity contribution is 7.91. The number of phenols is 1. The number of sulfone groups is 1. The molecule has 1 amide bonds. The Kier molecular flexibility index (Phi) is 7.16. The van der Waals surface area contributed by atoms with Crippen LogP contribution >= 0.6 is 0 Å². The molecule has 1 aromatic heterocycles. The van der Waals surface area contributed by atoms with Gasteiger partial charge in [0, 0.05) is 30.0 Å². The van der Waals surface area contributed by atoms with Crippen LogP contribution < -0.4 is 11.1 Å².